The normalized spacial score (nSPS) is 10.7. The molecule has 5 heteroatoms. The van der Waals surface area contributed by atoms with Gasteiger partial charge in [-0.25, -0.2) is 9.18 Å². The minimum Gasteiger partial charge on any atom is -0.478 e. The Morgan fingerprint density at radius 1 is 1.50 bits per heavy atom. The van der Waals surface area contributed by atoms with Gasteiger partial charge in [0.25, 0.3) is 0 Å². The second-order valence-corrected chi connectivity index (χ2v) is 3.64. The van der Waals surface area contributed by atoms with Crippen molar-refractivity contribution >= 4 is 32.8 Å². The predicted octanol–water partition coefficient (Wildman–Crippen LogP) is 2.77. The van der Waals surface area contributed by atoms with Crippen LogP contribution in [-0.4, -0.2) is 16.1 Å². The van der Waals surface area contributed by atoms with E-state index < -0.39 is 11.8 Å². The van der Waals surface area contributed by atoms with E-state index in [-0.39, 0.29) is 10.9 Å². The van der Waals surface area contributed by atoms with Crippen LogP contribution in [0.15, 0.2) is 22.8 Å². The molecule has 0 fully saturated rings. The summed E-state index contributed by atoms with van der Waals surface area (Å²) >= 11 is 3.20. The van der Waals surface area contributed by atoms with Gasteiger partial charge in [0.05, 0.1) is 16.5 Å². The Morgan fingerprint density at radius 3 is 2.86 bits per heavy atom. The fourth-order valence-electron chi connectivity index (χ4n) is 1.34. The van der Waals surface area contributed by atoms with Gasteiger partial charge in [0, 0.05) is 10.7 Å². The van der Waals surface area contributed by atoms with Crippen molar-refractivity contribution in [1.82, 2.24) is 4.98 Å². The molecule has 1 aromatic carbocycles. The molecule has 0 unspecified atom stereocenters. The smallest absolute Gasteiger partial charge is 0.337 e. The fourth-order valence-corrected chi connectivity index (χ4v) is 1.79. The molecule has 0 aliphatic carbocycles. The molecule has 0 saturated carbocycles. The van der Waals surface area contributed by atoms with Crippen molar-refractivity contribution in [2.24, 2.45) is 0 Å². The number of benzene rings is 1. The van der Waals surface area contributed by atoms with Gasteiger partial charge in [0.15, 0.2) is 0 Å². The molecule has 0 aliphatic rings. The number of carbonyl (C=O) groups is 1. The van der Waals surface area contributed by atoms with Crippen LogP contribution < -0.4 is 0 Å². The monoisotopic (exact) mass is 257 g/mol. The van der Waals surface area contributed by atoms with E-state index in [1.165, 1.54) is 18.3 Å². The highest BCUT2D eigenvalue weighted by molar-refractivity contribution is 9.10. The van der Waals surface area contributed by atoms with E-state index in [0.29, 0.717) is 9.99 Å². The summed E-state index contributed by atoms with van der Waals surface area (Å²) in [5, 5.41) is 8.89. The Labute approximate surface area is 86.7 Å². The van der Waals surface area contributed by atoms with Crippen molar-refractivity contribution in [3.05, 3.63) is 34.2 Å². The van der Waals surface area contributed by atoms with Crippen LogP contribution in [0.2, 0.25) is 0 Å². The summed E-state index contributed by atoms with van der Waals surface area (Å²) in [7, 11) is 0. The Morgan fingerprint density at radius 2 is 2.21 bits per heavy atom. The molecule has 14 heavy (non-hydrogen) atoms. The summed E-state index contributed by atoms with van der Waals surface area (Å²) in [6.45, 7) is 0. The summed E-state index contributed by atoms with van der Waals surface area (Å²) in [5.74, 6) is -1.69. The zero-order valence-electron chi connectivity index (χ0n) is 6.84. The number of aromatic nitrogens is 1. The second kappa shape index (κ2) is 3.09. The molecule has 0 atom stereocenters. The van der Waals surface area contributed by atoms with Gasteiger partial charge in [-0.3, -0.25) is 0 Å². The van der Waals surface area contributed by atoms with E-state index in [1.807, 2.05) is 0 Å². The number of hydrogen-bond donors (Lipinski definition) is 2. The highest BCUT2D eigenvalue weighted by atomic mass is 79.9. The molecule has 0 saturated heterocycles. The summed E-state index contributed by atoms with van der Waals surface area (Å²) in [6, 6.07) is 2.76. The molecule has 72 valence electrons. The average Bonchev–Trinajstić information content (AvgIpc) is 2.56. The third kappa shape index (κ3) is 1.21. The van der Waals surface area contributed by atoms with Gasteiger partial charge >= 0.3 is 5.97 Å². The lowest BCUT2D eigenvalue weighted by Gasteiger charge is -1.96. The maximum absolute atomic E-state index is 13.3. The Bertz CT molecular complexity index is 521. The molecule has 1 aromatic heterocycles. The van der Waals surface area contributed by atoms with Crippen molar-refractivity contribution < 1.29 is 14.3 Å². The van der Waals surface area contributed by atoms with Crippen molar-refractivity contribution in [2.45, 2.75) is 0 Å². The van der Waals surface area contributed by atoms with Gasteiger partial charge in [-0.2, -0.15) is 0 Å². The number of aromatic carboxylic acids is 1. The molecule has 2 N–H and O–H groups in total. The van der Waals surface area contributed by atoms with Gasteiger partial charge in [0.1, 0.15) is 5.82 Å². The van der Waals surface area contributed by atoms with E-state index in [4.69, 9.17) is 5.11 Å². The minimum absolute atomic E-state index is 0.0567. The van der Waals surface area contributed by atoms with Crippen LogP contribution in [0, 0.1) is 5.82 Å². The third-order valence-corrected chi connectivity index (χ3v) is 2.63. The molecule has 0 bridgehead atoms. The van der Waals surface area contributed by atoms with Gasteiger partial charge in [-0.1, -0.05) is 0 Å². The number of halogens is 2. The van der Waals surface area contributed by atoms with Gasteiger partial charge in [-0.15, -0.1) is 0 Å². The zero-order valence-corrected chi connectivity index (χ0v) is 8.43. The van der Waals surface area contributed by atoms with Crippen LogP contribution in [0.4, 0.5) is 4.39 Å². The van der Waals surface area contributed by atoms with E-state index in [0.717, 1.165) is 0 Å². The van der Waals surface area contributed by atoms with Crippen LogP contribution in [0.5, 0.6) is 0 Å². The van der Waals surface area contributed by atoms with Crippen molar-refractivity contribution in [2.75, 3.05) is 0 Å². The number of carboxylic acids is 1. The number of hydrogen-bond acceptors (Lipinski definition) is 1. The molecular weight excluding hydrogens is 253 g/mol. The first kappa shape index (κ1) is 9.21. The standard InChI is InChI=1S/C9H5BrFNO2/c10-5-1-2-6(11)7-4(9(13)14)3-12-8(5)7/h1-3,12H,(H,13,14). The minimum atomic E-state index is -1.15. The Kier molecular flexibility index (Phi) is 2.03. The SMILES string of the molecule is O=C(O)c1c[nH]c2c(Br)ccc(F)c12. The zero-order chi connectivity index (χ0) is 10.3. The van der Waals surface area contributed by atoms with E-state index >= 15 is 0 Å². The lowest BCUT2D eigenvalue weighted by molar-refractivity contribution is 0.0699. The molecular formula is C9H5BrFNO2. The molecule has 3 nitrogen and oxygen atoms in total. The van der Waals surface area contributed by atoms with E-state index in [1.54, 1.807) is 0 Å². The van der Waals surface area contributed by atoms with Crippen LogP contribution in [0.1, 0.15) is 10.4 Å². The Hall–Kier alpha value is -1.36. The number of H-pyrrole nitrogens is 1. The van der Waals surface area contributed by atoms with Gasteiger partial charge in [-0.05, 0) is 28.1 Å². The lowest BCUT2D eigenvalue weighted by atomic mass is 10.1. The maximum atomic E-state index is 13.3. The van der Waals surface area contributed by atoms with Crippen molar-refractivity contribution in [3.8, 4) is 0 Å². The van der Waals surface area contributed by atoms with Crippen molar-refractivity contribution in [3.63, 3.8) is 0 Å². The predicted molar refractivity (Wildman–Crippen MR) is 52.9 cm³/mol. The summed E-state index contributed by atoms with van der Waals surface area (Å²) in [5.41, 5.74) is 0.404. The van der Waals surface area contributed by atoms with Crippen LogP contribution >= 0.6 is 15.9 Å². The lowest BCUT2D eigenvalue weighted by Crippen LogP contribution is -1.95. The van der Waals surface area contributed by atoms with Gasteiger partial charge in [0.2, 0.25) is 0 Å². The summed E-state index contributed by atoms with van der Waals surface area (Å²) in [4.78, 5) is 13.4. The Balaban J connectivity index is 2.90. The fraction of sp³-hybridized carbons (Fsp3) is 0. The van der Waals surface area contributed by atoms with Crippen LogP contribution in [0.25, 0.3) is 10.9 Å². The number of fused-ring (bicyclic) bond motifs is 1. The largest absolute Gasteiger partial charge is 0.478 e. The van der Waals surface area contributed by atoms with Gasteiger partial charge < -0.3 is 10.1 Å². The van der Waals surface area contributed by atoms with Crippen molar-refractivity contribution in [1.29, 1.82) is 0 Å². The highest BCUT2D eigenvalue weighted by Gasteiger charge is 2.15. The first-order valence-electron chi connectivity index (χ1n) is 3.79. The van der Waals surface area contributed by atoms with Crippen LogP contribution in [-0.2, 0) is 0 Å². The molecule has 0 amide bonds. The number of carboxylic acid groups (broad SMARTS) is 1. The average molecular weight is 258 g/mol. The molecule has 2 rings (SSSR count). The summed E-state index contributed by atoms with van der Waals surface area (Å²) < 4.78 is 14.0. The first-order chi connectivity index (χ1) is 6.61. The van der Waals surface area contributed by atoms with E-state index in [2.05, 4.69) is 20.9 Å². The third-order valence-electron chi connectivity index (χ3n) is 1.96. The highest BCUT2D eigenvalue weighted by Crippen LogP contribution is 2.28. The molecule has 0 aliphatic heterocycles. The summed E-state index contributed by atoms with van der Waals surface area (Å²) in [6.07, 6.45) is 1.28. The molecule has 0 spiro atoms. The number of rotatable bonds is 1. The number of nitrogens with one attached hydrogen (secondary N) is 1. The molecule has 1 heterocycles. The van der Waals surface area contributed by atoms with E-state index in [9.17, 15) is 9.18 Å². The maximum Gasteiger partial charge on any atom is 0.337 e. The molecule has 2 aromatic rings. The molecule has 0 radical (unpaired) electrons. The van der Waals surface area contributed by atoms with Crippen LogP contribution in [0.3, 0.4) is 0 Å². The first-order valence-corrected chi connectivity index (χ1v) is 4.59. The second-order valence-electron chi connectivity index (χ2n) is 2.79. The quantitative estimate of drug-likeness (QED) is 0.826. The topological polar surface area (TPSA) is 53.1 Å². The number of aromatic amines is 1.